The first-order chi connectivity index (χ1) is 14.7. The monoisotopic (exact) mass is 400 g/mol. The third kappa shape index (κ3) is 3.12. The second-order valence-electron chi connectivity index (χ2n) is 7.25. The summed E-state index contributed by atoms with van der Waals surface area (Å²) < 4.78 is 1.65. The van der Waals surface area contributed by atoms with E-state index >= 15 is 0 Å². The minimum atomic E-state index is -0.0207. The summed E-state index contributed by atoms with van der Waals surface area (Å²) in [6.07, 6.45) is 11.4. The molecule has 1 saturated heterocycles. The number of aromatic nitrogens is 6. The maximum atomic E-state index is 13.5. The van der Waals surface area contributed by atoms with Crippen LogP contribution < -0.4 is 4.90 Å². The number of para-hydroxylation sites is 1. The van der Waals surface area contributed by atoms with E-state index in [2.05, 4.69) is 44.5 Å². The number of fused-ring (bicyclic) bond motifs is 1. The average molecular weight is 400 g/mol. The molecule has 1 aliphatic rings. The number of rotatable bonds is 3. The zero-order valence-electron chi connectivity index (χ0n) is 16.5. The molecule has 5 rings (SSSR count). The average Bonchev–Trinajstić information content (AvgIpc) is 3.44. The lowest BCUT2D eigenvalue weighted by molar-refractivity contribution is 0.0705. The van der Waals surface area contributed by atoms with Gasteiger partial charge >= 0.3 is 0 Å². The second kappa shape index (κ2) is 7.48. The third-order valence-electron chi connectivity index (χ3n) is 5.48. The summed E-state index contributed by atoms with van der Waals surface area (Å²) in [6, 6.07) is 9.44. The largest absolute Gasteiger partial charge is 0.352 e. The quantitative estimate of drug-likeness (QED) is 0.520. The number of hydrogen-bond acceptors (Lipinski definition) is 6. The molecule has 0 aliphatic carbocycles. The van der Waals surface area contributed by atoms with Crippen molar-refractivity contribution in [3.05, 3.63) is 66.9 Å². The molecule has 30 heavy (non-hydrogen) atoms. The van der Waals surface area contributed by atoms with Crippen molar-refractivity contribution in [1.82, 2.24) is 34.5 Å². The predicted octanol–water partition coefficient (Wildman–Crippen LogP) is 1.65. The molecule has 1 atom stereocenters. The molecule has 0 bridgehead atoms. The van der Waals surface area contributed by atoms with Gasteiger partial charge in [-0.3, -0.25) is 4.79 Å². The molecule has 4 heterocycles. The highest BCUT2D eigenvalue weighted by molar-refractivity contribution is 5.98. The summed E-state index contributed by atoms with van der Waals surface area (Å²) in [5.41, 5.74) is 2.15. The molecule has 0 N–H and O–H groups in total. The van der Waals surface area contributed by atoms with Crippen LogP contribution in [0.5, 0.6) is 0 Å². The van der Waals surface area contributed by atoms with Gasteiger partial charge in [-0.05, 0) is 31.5 Å². The number of anilines is 1. The van der Waals surface area contributed by atoms with Crippen LogP contribution in [0.4, 0.5) is 5.82 Å². The topological polar surface area (TPSA) is 84.5 Å². The van der Waals surface area contributed by atoms with Crippen LogP contribution in [0.2, 0.25) is 0 Å². The molecule has 1 amide bonds. The molecule has 3 aromatic heterocycles. The molecule has 9 nitrogen and oxygen atoms in total. The van der Waals surface area contributed by atoms with Gasteiger partial charge in [-0.2, -0.15) is 29.6 Å². The first-order valence-corrected chi connectivity index (χ1v) is 9.87. The molecular weight excluding hydrogens is 380 g/mol. The van der Waals surface area contributed by atoms with Crippen LogP contribution in [0, 0.1) is 12.4 Å². The van der Waals surface area contributed by atoms with Crippen molar-refractivity contribution in [2.75, 3.05) is 24.5 Å². The van der Waals surface area contributed by atoms with Gasteiger partial charge in [0.1, 0.15) is 5.52 Å². The first kappa shape index (κ1) is 18.1. The molecule has 0 unspecified atom stereocenters. The molecule has 1 aliphatic heterocycles. The van der Waals surface area contributed by atoms with Crippen molar-refractivity contribution in [3.63, 3.8) is 0 Å². The fourth-order valence-electron chi connectivity index (χ4n) is 3.87. The summed E-state index contributed by atoms with van der Waals surface area (Å²) >= 11 is 0. The Labute approximate surface area is 173 Å². The summed E-state index contributed by atoms with van der Waals surface area (Å²) in [5.74, 6) is 0.793. The van der Waals surface area contributed by atoms with Gasteiger partial charge < -0.3 is 9.80 Å². The number of carbonyl (C=O) groups excluding carboxylic acids is 1. The van der Waals surface area contributed by atoms with Crippen molar-refractivity contribution < 1.29 is 4.79 Å². The minimum Gasteiger partial charge on any atom is -0.352 e. The second-order valence-corrected chi connectivity index (χ2v) is 7.25. The van der Waals surface area contributed by atoms with E-state index in [1.165, 1.54) is 4.80 Å². The maximum absolute atomic E-state index is 13.5. The van der Waals surface area contributed by atoms with Crippen molar-refractivity contribution >= 4 is 17.2 Å². The molecule has 4 aromatic rings. The van der Waals surface area contributed by atoms with Gasteiger partial charge in [-0.25, -0.2) is 0 Å². The highest BCUT2D eigenvalue weighted by atomic mass is 16.2. The summed E-state index contributed by atoms with van der Waals surface area (Å²) in [4.78, 5) is 23.5. The first-order valence-electron chi connectivity index (χ1n) is 9.87. The Morgan fingerprint density at radius 1 is 1.03 bits per heavy atom. The number of benzene rings is 1. The maximum Gasteiger partial charge on any atom is 0.256 e. The van der Waals surface area contributed by atoms with Crippen LogP contribution in [0.3, 0.4) is 0 Å². The van der Waals surface area contributed by atoms with E-state index in [1.54, 1.807) is 23.1 Å². The van der Waals surface area contributed by atoms with Gasteiger partial charge in [0, 0.05) is 25.7 Å². The highest BCUT2D eigenvalue weighted by Crippen LogP contribution is 2.23. The molecule has 150 valence electrons. The predicted molar refractivity (Wildman–Crippen MR) is 109 cm³/mol. The lowest BCUT2D eigenvalue weighted by Crippen LogP contribution is -2.40. The van der Waals surface area contributed by atoms with Crippen molar-refractivity contribution in [3.8, 4) is 5.69 Å². The van der Waals surface area contributed by atoms with E-state index < -0.39 is 0 Å². The summed E-state index contributed by atoms with van der Waals surface area (Å²) in [5, 5.41) is 12.6. The van der Waals surface area contributed by atoms with Gasteiger partial charge in [0.25, 0.3) is 5.91 Å². The number of amides is 1. The molecule has 9 heteroatoms. The number of hydrogen-bond donors (Lipinski definition) is 0. The van der Waals surface area contributed by atoms with E-state index in [0.29, 0.717) is 24.3 Å². The normalized spacial score (nSPS) is 17.0. The molecule has 0 radical (unpaired) electrons. The van der Waals surface area contributed by atoms with Gasteiger partial charge in [-0.15, -0.1) is 0 Å². The van der Waals surface area contributed by atoms with Gasteiger partial charge in [0.05, 0.1) is 42.2 Å². The third-order valence-corrected chi connectivity index (χ3v) is 5.48. The Bertz CT molecular complexity index is 1170. The van der Waals surface area contributed by atoms with E-state index in [0.717, 1.165) is 24.3 Å². The minimum absolute atomic E-state index is 0.0207. The van der Waals surface area contributed by atoms with Gasteiger partial charge in [-0.1, -0.05) is 12.1 Å². The lowest BCUT2D eigenvalue weighted by Gasteiger charge is -2.27. The van der Waals surface area contributed by atoms with E-state index in [9.17, 15) is 4.79 Å². The van der Waals surface area contributed by atoms with E-state index in [-0.39, 0.29) is 11.9 Å². The van der Waals surface area contributed by atoms with Crippen LogP contribution in [0.15, 0.2) is 48.9 Å². The fourth-order valence-corrected chi connectivity index (χ4v) is 3.87. The molecule has 0 spiro atoms. The Morgan fingerprint density at radius 2 is 1.87 bits per heavy atom. The Hall–Kier alpha value is -3.93. The van der Waals surface area contributed by atoms with E-state index in [4.69, 9.17) is 0 Å². The van der Waals surface area contributed by atoms with E-state index in [1.807, 2.05) is 35.2 Å². The van der Waals surface area contributed by atoms with Gasteiger partial charge in [0.15, 0.2) is 5.82 Å². The zero-order valence-corrected chi connectivity index (χ0v) is 16.5. The van der Waals surface area contributed by atoms with Crippen LogP contribution >= 0.6 is 0 Å². The summed E-state index contributed by atoms with van der Waals surface area (Å²) in [7, 11) is 0. The number of carbonyl (C=O) groups is 1. The molecule has 1 aromatic carbocycles. The number of nitrogens with zero attached hydrogens (tertiary/aromatic N) is 8. The molecule has 0 saturated carbocycles. The standard InChI is InChI=1S/C21H20N8O/c1-16-7-12-26(20-19-6-8-23-28(19)13-11-22-20)14-15-27(16)21(30)17-4-2-3-5-18(17)29-24-9-10-25-29/h2-6,8-10,16H,7,12,14-15H2,1H3/t16-/m1/s1. The van der Waals surface area contributed by atoms with Crippen molar-refractivity contribution in [2.45, 2.75) is 19.4 Å². The molecular formula is C21H20N8O. The van der Waals surface area contributed by atoms with Crippen molar-refractivity contribution in [1.29, 1.82) is 0 Å². The Balaban J connectivity index is 1.42. The lowest BCUT2D eigenvalue weighted by atomic mass is 10.1. The Kier molecular flexibility index (Phi) is 4.52. The van der Waals surface area contributed by atoms with Crippen LogP contribution in [0.1, 0.15) is 23.7 Å². The van der Waals surface area contributed by atoms with Crippen LogP contribution in [-0.2, 0) is 0 Å². The van der Waals surface area contributed by atoms with Crippen molar-refractivity contribution in [2.24, 2.45) is 0 Å². The SMILES string of the molecule is C[C@@H]1CCN(c2nc#cn3nccc23)CCN1C(=O)c1ccccc1-n1nccn1. The highest BCUT2D eigenvalue weighted by Gasteiger charge is 2.28. The Morgan fingerprint density at radius 3 is 2.73 bits per heavy atom. The van der Waals surface area contributed by atoms with Crippen LogP contribution in [0.25, 0.3) is 11.2 Å². The fraction of sp³-hybridized carbons (Fsp3) is 0.286. The summed E-state index contributed by atoms with van der Waals surface area (Å²) in [6.45, 7) is 4.13. The zero-order chi connectivity index (χ0) is 20.5. The smallest absolute Gasteiger partial charge is 0.256 e. The molecule has 1 fully saturated rings. The van der Waals surface area contributed by atoms with Crippen LogP contribution in [-0.4, -0.2) is 66.1 Å². The van der Waals surface area contributed by atoms with Gasteiger partial charge in [0.2, 0.25) is 0 Å².